The van der Waals surface area contributed by atoms with Gasteiger partial charge in [-0.25, -0.2) is 4.98 Å². The van der Waals surface area contributed by atoms with Gasteiger partial charge < -0.3 is 19.7 Å². The summed E-state index contributed by atoms with van der Waals surface area (Å²) in [5, 5.41) is 13.1. The van der Waals surface area contributed by atoms with E-state index in [0.717, 1.165) is 5.56 Å². The molecule has 0 unspecified atom stereocenters. The molecule has 2 N–H and O–H groups in total. The van der Waals surface area contributed by atoms with Gasteiger partial charge in [0, 0.05) is 17.8 Å². The highest BCUT2D eigenvalue weighted by Gasteiger charge is 2.48. The first-order chi connectivity index (χ1) is 19.5. The fraction of sp³-hybridized carbons (Fsp3) is 0.500. The molecule has 2 aliphatic rings. The highest BCUT2D eigenvalue weighted by molar-refractivity contribution is 6.51. The lowest BCUT2D eigenvalue weighted by Gasteiger charge is -2.40. The van der Waals surface area contributed by atoms with Gasteiger partial charge >= 0.3 is 19.1 Å². The summed E-state index contributed by atoms with van der Waals surface area (Å²) in [6.07, 6.45) is 0.899. The lowest BCUT2D eigenvalue weighted by molar-refractivity contribution is -0.157. The normalized spacial score (nSPS) is 21.7. The number of pyridine rings is 1. The van der Waals surface area contributed by atoms with E-state index >= 15 is 0 Å². The molecule has 218 valence electrons. The molecule has 0 aliphatic carbocycles. The standard InChI is InChI=1S/C30H38BN3O7/c1-18(2)16-21(31-40-29(38)24-14-9-15-25(34(24)4)30(39)41-31)17-26(36)27(19(3)35)33-28(37)23-13-8-12-22(32-23)20-10-6-5-7-11-20/h5-8,10-13,18-19,21,24-25,27,35H,9,14-17H2,1-4H3,(H,33,37)/t19-,21-,24-,25+,27+/m1/s1. The number of benzene rings is 1. The van der Waals surface area contributed by atoms with Crippen molar-refractivity contribution in [2.45, 2.75) is 82.9 Å². The molecule has 4 rings (SSSR count). The van der Waals surface area contributed by atoms with Gasteiger partial charge in [-0.3, -0.25) is 24.1 Å². The van der Waals surface area contributed by atoms with Gasteiger partial charge in [-0.1, -0.05) is 50.2 Å². The molecule has 11 heteroatoms. The maximum absolute atomic E-state index is 13.6. The fourth-order valence-corrected chi connectivity index (χ4v) is 5.60. The lowest BCUT2D eigenvalue weighted by Crippen LogP contribution is -2.57. The zero-order valence-electron chi connectivity index (χ0n) is 24.0. The van der Waals surface area contributed by atoms with E-state index in [1.165, 1.54) is 13.0 Å². The highest BCUT2D eigenvalue weighted by Crippen LogP contribution is 2.32. The lowest BCUT2D eigenvalue weighted by atomic mass is 9.64. The van der Waals surface area contributed by atoms with E-state index in [2.05, 4.69) is 10.3 Å². The van der Waals surface area contributed by atoms with Crippen molar-refractivity contribution < 1.29 is 33.6 Å². The minimum absolute atomic E-state index is 0.0855. The van der Waals surface area contributed by atoms with E-state index < -0.39 is 60.8 Å². The Bertz CT molecular complexity index is 1230. The van der Waals surface area contributed by atoms with E-state index in [1.54, 1.807) is 24.1 Å². The van der Waals surface area contributed by atoms with Crippen LogP contribution in [0.1, 0.15) is 63.4 Å². The minimum Gasteiger partial charge on any atom is -0.498 e. The van der Waals surface area contributed by atoms with Crippen LogP contribution in [0, 0.1) is 5.92 Å². The van der Waals surface area contributed by atoms with Crippen molar-refractivity contribution in [3.05, 3.63) is 54.2 Å². The first kappa shape index (κ1) is 30.4. The highest BCUT2D eigenvalue weighted by atomic mass is 16.6. The van der Waals surface area contributed by atoms with Crippen molar-refractivity contribution >= 4 is 30.7 Å². The van der Waals surface area contributed by atoms with Crippen molar-refractivity contribution in [1.29, 1.82) is 0 Å². The topological polar surface area (TPSA) is 135 Å². The molecule has 1 amide bonds. The van der Waals surface area contributed by atoms with Crippen LogP contribution < -0.4 is 5.32 Å². The zero-order valence-corrected chi connectivity index (χ0v) is 24.0. The maximum Gasteiger partial charge on any atom is 0.602 e. The number of carbonyl (C=O) groups is 4. The molecule has 2 bridgehead atoms. The Morgan fingerprint density at radius 2 is 1.66 bits per heavy atom. The molecule has 5 atom stereocenters. The summed E-state index contributed by atoms with van der Waals surface area (Å²) < 4.78 is 11.4. The fourth-order valence-electron chi connectivity index (χ4n) is 5.60. The summed E-state index contributed by atoms with van der Waals surface area (Å²) in [5.74, 6) is -2.62. The molecule has 0 spiro atoms. The molecule has 10 nitrogen and oxygen atoms in total. The molecule has 3 heterocycles. The number of rotatable bonds is 10. The van der Waals surface area contributed by atoms with Crippen LogP contribution >= 0.6 is 0 Å². The molecule has 2 fully saturated rings. The quantitative estimate of drug-likeness (QED) is 0.418. The number of fused-ring (bicyclic) bond motifs is 2. The van der Waals surface area contributed by atoms with Gasteiger partial charge in [-0.2, -0.15) is 0 Å². The SMILES string of the molecule is CC(C)C[C@H](CC(=O)[C@@H](NC(=O)c1cccc(-c2ccccc2)n1)[C@@H](C)O)B1OC(=O)[C@H]2CCC[C@@H](C(=O)O1)N2C. The van der Waals surface area contributed by atoms with Crippen LogP contribution in [0.2, 0.25) is 5.82 Å². The molecule has 2 saturated heterocycles. The molecular formula is C30H38BN3O7. The summed E-state index contributed by atoms with van der Waals surface area (Å²) in [5.41, 5.74) is 1.53. The number of hydrogen-bond acceptors (Lipinski definition) is 9. The number of aromatic nitrogens is 1. The minimum atomic E-state index is -1.25. The first-order valence-electron chi connectivity index (χ1n) is 14.2. The third kappa shape index (κ3) is 7.39. The smallest absolute Gasteiger partial charge is 0.498 e. The van der Waals surface area contributed by atoms with Gasteiger partial charge in [-0.05, 0) is 57.7 Å². The zero-order chi connectivity index (χ0) is 29.7. The Labute approximate surface area is 241 Å². The van der Waals surface area contributed by atoms with E-state index in [9.17, 15) is 24.3 Å². The number of likely N-dealkylation sites (N-methyl/N-ethyl adjacent to an activating group) is 1. The first-order valence-corrected chi connectivity index (χ1v) is 14.2. The van der Waals surface area contributed by atoms with Crippen LogP contribution in [-0.4, -0.2) is 77.0 Å². The van der Waals surface area contributed by atoms with E-state index in [-0.39, 0.29) is 18.0 Å². The van der Waals surface area contributed by atoms with Crippen molar-refractivity contribution in [2.24, 2.45) is 5.92 Å². The van der Waals surface area contributed by atoms with Crippen molar-refractivity contribution in [3.8, 4) is 11.3 Å². The number of aliphatic hydroxyl groups is 1. The van der Waals surface area contributed by atoms with Gasteiger partial charge in [0.2, 0.25) is 0 Å². The Morgan fingerprint density at radius 3 is 2.24 bits per heavy atom. The molecule has 2 aromatic rings. The van der Waals surface area contributed by atoms with Crippen LogP contribution in [0.25, 0.3) is 11.3 Å². The van der Waals surface area contributed by atoms with E-state index in [4.69, 9.17) is 9.31 Å². The third-order valence-corrected chi connectivity index (χ3v) is 7.74. The van der Waals surface area contributed by atoms with Crippen LogP contribution in [-0.2, 0) is 23.7 Å². The predicted octanol–water partition coefficient (Wildman–Crippen LogP) is 3.04. The Morgan fingerprint density at radius 1 is 1.02 bits per heavy atom. The molecule has 0 radical (unpaired) electrons. The molecule has 41 heavy (non-hydrogen) atoms. The number of aliphatic hydroxyl groups excluding tert-OH is 1. The Kier molecular flexibility index (Phi) is 9.93. The van der Waals surface area contributed by atoms with Crippen LogP contribution in [0.4, 0.5) is 0 Å². The number of ketones is 1. The van der Waals surface area contributed by atoms with Gasteiger partial charge in [-0.15, -0.1) is 0 Å². The maximum atomic E-state index is 13.6. The molecular weight excluding hydrogens is 525 g/mol. The summed E-state index contributed by atoms with van der Waals surface area (Å²) >= 11 is 0. The summed E-state index contributed by atoms with van der Waals surface area (Å²) in [7, 11) is 0.472. The number of hydrogen-bond donors (Lipinski definition) is 2. The van der Waals surface area contributed by atoms with Gasteiger partial charge in [0.15, 0.2) is 5.78 Å². The second-order valence-corrected chi connectivity index (χ2v) is 11.4. The Hall–Kier alpha value is -3.57. The van der Waals surface area contributed by atoms with Crippen molar-refractivity contribution in [2.75, 3.05) is 7.05 Å². The van der Waals surface area contributed by atoms with E-state index in [1.807, 2.05) is 44.2 Å². The Balaban J connectivity index is 1.51. The molecule has 0 saturated carbocycles. The number of nitrogens with one attached hydrogen (secondary N) is 1. The van der Waals surface area contributed by atoms with Crippen LogP contribution in [0.15, 0.2) is 48.5 Å². The summed E-state index contributed by atoms with van der Waals surface area (Å²) in [6, 6.07) is 12.0. The molecule has 1 aromatic heterocycles. The van der Waals surface area contributed by atoms with Gasteiger partial charge in [0.1, 0.15) is 23.8 Å². The monoisotopic (exact) mass is 563 g/mol. The van der Waals surface area contributed by atoms with Crippen molar-refractivity contribution in [3.63, 3.8) is 0 Å². The largest absolute Gasteiger partial charge is 0.602 e. The van der Waals surface area contributed by atoms with Gasteiger partial charge in [0.05, 0.1) is 11.8 Å². The van der Waals surface area contributed by atoms with Crippen LogP contribution in [0.5, 0.6) is 0 Å². The average Bonchev–Trinajstić information content (AvgIpc) is 2.94. The number of nitrogens with zero attached hydrogens (tertiary/aromatic N) is 2. The average molecular weight is 563 g/mol. The third-order valence-electron chi connectivity index (χ3n) is 7.74. The number of carbonyl (C=O) groups excluding carboxylic acids is 4. The van der Waals surface area contributed by atoms with Crippen LogP contribution in [0.3, 0.4) is 0 Å². The summed E-state index contributed by atoms with van der Waals surface area (Å²) in [4.78, 5) is 58.9. The second kappa shape index (κ2) is 13.4. The van der Waals surface area contributed by atoms with Gasteiger partial charge in [0.25, 0.3) is 5.91 Å². The van der Waals surface area contributed by atoms with Crippen molar-refractivity contribution in [1.82, 2.24) is 15.2 Å². The number of Topliss-reactive ketones (excluding diaryl/α,β-unsaturated/α-hetero) is 1. The second-order valence-electron chi connectivity index (χ2n) is 11.4. The van der Waals surface area contributed by atoms with E-state index in [0.29, 0.717) is 31.4 Å². The molecule has 1 aromatic carbocycles. The number of piperidine rings is 1. The summed E-state index contributed by atoms with van der Waals surface area (Å²) in [6.45, 7) is 5.32. The molecule has 2 aliphatic heterocycles. The predicted molar refractivity (Wildman–Crippen MR) is 153 cm³/mol. The number of amides is 1.